The molecule has 2 aromatic carbocycles. The molecule has 0 aliphatic heterocycles. The minimum atomic E-state index is 0.497. The lowest BCUT2D eigenvalue weighted by Gasteiger charge is -2.08. The lowest BCUT2D eigenvalue weighted by molar-refractivity contribution is 0.299. The number of nitrogens with zero attached hydrogens (tertiary/aromatic N) is 2. The summed E-state index contributed by atoms with van der Waals surface area (Å²) >= 11 is 0. The number of ether oxygens (including phenoxy) is 1. The molecule has 0 fully saturated rings. The Hall–Kier alpha value is -2.29. The maximum atomic E-state index is 5.97. The molecular formula is C18H20N2O. The molecule has 0 spiro atoms. The summed E-state index contributed by atoms with van der Waals surface area (Å²) in [5, 5.41) is 5.83. The first-order valence-electron chi connectivity index (χ1n) is 7.33. The molecule has 21 heavy (non-hydrogen) atoms. The number of hydrogen-bond donors (Lipinski definition) is 0. The first kappa shape index (κ1) is 13.7. The van der Waals surface area contributed by atoms with Gasteiger partial charge in [0.05, 0.1) is 5.52 Å². The number of benzene rings is 2. The molecule has 3 aromatic rings. The van der Waals surface area contributed by atoms with Crippen LogP contribution in [-0.2, 0) is 13.2 Å². The second-order valence-electron chi connectivity index (χ2n) is 5.34. The second kappa shape index (κ2) is 5.60. The summed E-state index contributed by atoms with van der Waals surface area (Å²) in [5.41, 5.74) is 4.57. The summed E-state index contributed by atoms with van der Waals surface area (Å²) in [5.74, 6) is 0.927. The molecular weight excluding hydrogens is 260 g/mol. The molecule has 0 radical (unpaired) electrons. The lowest BCUT2D eigenvalue weighted by Crippen LogP contribution is -2.01. The van der Waals surface area contributed by atoms with Crippen LogP contribution in [0.25, 0.3) is 10.9 Å². The van der Waals surface area contributed by atoms with E-state index in [0.717, 1.165) is 23.6 Å². The van der Waals surface area contributed by atoms with Gasteiger partial charge in [0.2, 0.25) is 0 Å². The highest BCUT2D eigenvalue weighted by atomic mass is 16.5. The van der Waals surface area contributed by atoms with Crippen LogP contribution >= 0.6 is 0 Å². The van der Waals surface area contributed by atoms with E-state index in [-0.39, 0.29) is 0 Å². The van der Waals surface area contributed by atoms with Crippen molar-refractivity contribution in [3.63, 3.8) is 0 Å². The SMILES string of the molecule is CCn1nc(COc2ccc(C)cc2C)c2ccccc21. The second-order valence-corrected chi connectivity index (χ2v) is 5.34. The zero-order valence-electron chi connectivity index (χ0n) is 12.8. The fourth-order valence-electron chi connectivity index (χ4n) is 2.65. The van der Waals surface area contributed by atoms with E-state index in [4.69, 9.17) is 4.74 Å². The van der Waals surface area contributed by atoms with E-state index in [1.807, 2.05) is 22.9 Å². The molecule has 0 saturated heterocycles. The van der Waals surface area contributed by atoms with Crippen LogP contribution in [0.5, 0.6) is 5.75 Å². The fourth-order valence-corrected chi connectivity index (χ4v) is 2.65. The van der Waals surface area contributed by atoms with Crippen LogP contribution in [0.1, 0.15) is 23.7 Å². The van der Waals surface area contributed by atoms with E-state index in [1.54, 1.807) is 0 Å². The van der Waals surface area contributed by atoms with Gasteiger partial charge in [0.1, 0.15) is 18.1 Å². The van der Waals surface area contributed by atoms with Crippen LogP contribution in [-0.4, -0.2) is 9.78 Å². The van der Waals surface area contributed by atoms with Crippen molar-refractivity contribution in [3.8, 4) is 5.75 Å². The first-order valence-corrected chi connectivity index (χ1v) is 7.33. The van der Waals surface area contributed by atoms with Crippen LogP contribution in [0.2, 0.25) is 0 Å². The molecule has 3 heteroatoms. The summed E-state index contributed by atoms with van der Waals surface area (Å²) in [7, 11) is 0. The highest BCUT2D eigenvalue weighted by molar-refractivity contribution is 5.81. The maximum absolute atomic E-state index is 5.97. The number of rotatable bonds is 4. The number of fused-ring (bicyclic) bond motifs is 1. The van der Waals surface area contributed by atoms with Gasteiger partial charge in [0.25, 0.3) is 0 Å². The van der Waals surface area contributed by atoms with Gasteiger partial charge in [0, 0.05) is 11.9 Å². The topological polar surface area (TPSA) is 27.1 Å². The first-order chi connectivity index (χ1) is 10.2. The Kier molecular flexibility index (Phi) is 3.65. The molecule has 3 rings (SSSR count). The lowest BCUT2D eigenvalue weighted by atomic mass is 10.1. The molecule has 0 aliphatic carbocycles. The number of hydrogen-bond acceptors (Lipinski definition) is 2. The highest BCUT2D eigenvalue weighted by Gasteiger charge is 2.10. The smallest absolute Gasteiger partial charge is 0.133 e. The van der Waals surface area contributed by atoms with Gasteiger partial charge in [-0.05, 0) is 38.5 Å². The fraction of sp³-hybridized carbons (Fsp3) is 0.278. The Morgan fingerprint density at radius 3 is 2.67 bits per heavy atom. The number of para-hydroxylation sites is 1. The monoisotopic (exact) mass is 280 g/mol. The Morgan fingerprint density at radius 1 is 1.10 bits per heavy atom. The summed E-state index contributed by atoms with van der Waals surface area (Å²) in [6.45, 7) is 7.63. The Labute approximate surface area is 125 Å². The standard InChI is InChI=1S/C18H20N2O/c1-4-20-17-8-6-5-7-15(17)16(19-20)12-21-18-10-9-13(2)11-14(18)3/h5-11H,4,12H2,1-3H3. The van der Waals surface area contributed by atoms with Crippen molar-refractivity contribution in [1.82, 2.24) is 9.78 Å². The van der Waals surface area contributed by atoms with Crippen molar-refractivity contribution < 1.29 is 4.74 Å². The third-order valence-electron chi connectivity index (χ3n) is 3.73. The minimum Gasteiger partial charge on any atom is -0.487 e. The molecule has 0 N–H and O–H groups in total. The third-order valence-corrected chi connectivity index (χ3v) is 3.73. The molecule has 0 atom stereocenters. The highest BCUT2D eigenvalue weighted by Crippen LogP contribution is 2.23. The normalized spacial score (nSPS) is 11.0. The van der Waals surface area contributed by atoms with Gasteiger partial charge in [-0.2, -0.15) is 5.10 Å². The zero-order chi connectivity index (χ0) is 14.8. The van der Waals surface area contributed by atoms with E-state index in [0.29, 0.717) is 6.61 Å². The quantitative estimate of drug-likeness (QED) is 0.714. The van der Waals surface area contributed by atoms with Gasteiger partial charge in [0.15, 0.2) is 0 Å². The van der Waals surface area contributed by atoms with Gasteiger partial charge in [-0.3, -0.25) is 4.68 Å². The summed E-state index contributed by atoms with van der Waals surface area (Å²) in [4.78, 5) is 0. The van der Waals surface area contributed by atoms with Crippen molar-refractivity contribution in [3.05, 3.63) is 59.3 Å². The predicted molar refractivity (Wildman–Crippen MR) is 85.7 cm³/mol. The van der Waals surface area contributed by atoms with Crippen molar-refractivity contribution in [2.75, 3.05) is 0 Å². The Morgan fingerprint density at radius 2 is 1.90 bits per heavy atom. The average Bonchev–Trinajstić information content (AvgIpc) is 2.85. The van der Waals surface area contributed by atoms with Crippen molar-refractivity contribution in [2.45, 2.75) is 33.9 Å². The summed E-state index contributed by atoms with van der Waals surface area (Å²) < 4.78 is 7.99. The van der Waals surface area contributed by atoms with Gasteiger partial charge < -0.3 is 4.74 Å². The molecule has 0 unspecified atom stereocenters. The summed E-state index contributed by atoms with van der Waals surface area (Å²) in [6, 6.07) is 14.5. The van der Waals surface area contributed by atoms with Crippen LogP contribution < -0.4 is 4.74 Å². The number of aryl methyl sites for hydroxylation is 3. The maximum Gasteiger partial charge on any atom is 0.133 e. The van der Waals surface area contributed by atoms with Gasteiger partial charge in [-0.1, -0.05) is 35.9 Å². The van der Waals surface area contributed by atoms with Crippen molar-refractivity contribution in [2.24, 2.45) is 0 Å². The van der Waals surface area contributed by atoms with Gasteiger partial charge in [-0.15, -0.1) is 0 Å². The van der Waals surface area contributed by atoms with Crippen molar-refractivity contribution in [1.29, 1.82) is 0 Å². The van der Waals surface area contributed by atoms with E-state index >= 15 is 0 Å². The van der Waals surface area contributed by atoms with E-state index in [2.05, 4.69) is 50.1 Å². The van der Waals surface area contributed by atoms with Crippen molar-refractivity contribution >= 4 is 10.9 Å². The van der Waals surface area contributed by atoms with E-state index < -0.39 is 0 Å². The van der Waals surface area contributed by atoms with Crippen LogP contribution in [0.3, 0.4) is 0 Å². The average molecular weight is 280 g/mol. The molecule has 0 amide bonds. The van der Waals surface area contributed by atoms with Crippen LogP contribution in [0.4, 0.5) is 0 Å². The zero-order valence-corrected chi connectivity index (χ0v) is 12.8. The van der Waals surface area contributed by atoms with E-state index in [9.17, 15) is 0 Å². The summed E-state index contributed by atoms with van der Waals surface area (Å²) in [6.07, 6.45) is 0. The Balaban J connectivity index is 1.88. The molecule has 0 saturated carbocycles. The molecule has 3 nitrogen and oxygen atoms in total. The Bertz CT molecular complexity index is 774. The molecule has 1 aromatic heterocycles. The molecule has 0 aliphatic rings. The predicted octanol–water partition coefficient (Wildman–Crippen LogP) is 4.25. The number of aromatic nitrogens is 2. The van der Waals surface area contributed by atoms with Crippen LogP contribution in [0.15, 0.2) is 42.5 Å². The largest absolute Gasteiger partial charge is 0.487 e. The van der Waals surface area contributed by atoms with E-state index in [1.165, 1.54) is 16.5 Å². The molecule has 108 valence electrons. The molecule has 1 heterocycles. The van der Waals surface area contributed by atoms with Crippen LogP contribution in [0, 0.1) is 13.8 Å². The molecule has 0 bridgehead atoms. The van der Waals surface area contributed by atoms with Gasteiger partial charge >= 0.3 is 0 Å². The van der Waals surface area contributed by atoms with Gasteiger partial charge in [-0.25, -0.2) is 0 Å². The third kappa shape index (κ3) is 2.64. The minimum absolute atomic E-state index is 0.497.